The molecule has 2 amide bonds. The van der Waals surface area contributed by atoms with Crippen molar-refractivity contribution in [2.75, 3.05) is 25.0 Å². The Morgan fingerprint density at radius 2 is 2.00 bits per heavy atom. The lowest BCUT2D eigenvalue weighted by atomic mass is 10.0. The van der Waals surface area contributed by atoms with Crippen LogP contribution in [0, 0.1) is 13.8 Å². The lowest BCUT2D eigenvalue weighted by Crippen LogP contribution is -2.43. The fourth-order valence-electron chi connectivity index (χ4n) is 4.81. The van der Waals surface area contributed by atoms with Crippen molar-refractivity contribution in [1.82, 2.24) is 40.2 Å². The Hall–Kier alpha value is -4.12. The maximum atomic E-state index is 13.1. The number of aryl methyl sites for hydroxylation is 2. The molecule has 192 valence electrons. The zero-order chi connectivity index (χ0) is 26.2. The summed E-state index contributed by atoms with van der Waals surface area (Å²) in [6.07, 6.45) is 7.41. The fraction of sp³-hybridized carbons (Fsp3) is 0.385. The molecule has 11 nitrogen and oxygen atoms in total. The molecule has 3 N–H and O–H groups in total. The van der Waals surface area contributed by atoms with E-state index in [1.165, 1.54) is 19.0 Å². The van der Waals surface area contributed by atoms with Gasteiger partial charge in [-0.25, -0.2) is 4.52 Å². The van der Waals surface area contributed by atoms with E-state index >= 15 is 0 Å². The van der Waals surface area contributed by atoms with Gasteiger partial charge in [0.25, 0.3) is 11.8 Å². The molecule has 1 saturated heterocycles. The molecular formula is C26H31N9O2. The van der Waals surface area contributed by atoms with Crippen molar-refractivity contribution < 1.29 is 9.59 Å². The van der Waals surface area contributed by atoms with Crippen LogP contribution in [0.2, 0.25) is 0 Å². The van der Waals surface area contributed by atoms with Crippen molar-refractivity contribution in [2.45, 2.75) is 46.1 Å². The molecule has 1 aliphatic rings. The SMILES string of the molecule is Cc1ncc(C(=O)NCCN2CCCC2(C)C)cc1NC(=O)c1nnn2cc(-c3cn[nH]c3C)ccc12. The normalized spacial score (nSPS) is 15.2. The van der Waals surface area contributed by atoms with E-state index in [9.17, 15) is 9.59 Å². The number of rotatable bonds is 7. The van der Waals surface area contributed by atoms with Crippen molar-refractivity contribution in [3.8, 4) is 11.1 Å². The molecule has 0 saturated carbocycles. The van der Waals surface area contributed by atoms with E-state index in [1.807, 2.05) is 13.0 Å². The summed E-state index contributed by atoms with van der Waals surface area (Å²) in [5.74, 6) is -0.655. The molecule has 5 heterocycles. The van der Waals surface area contributed by atoms with Gasteiger partial charge < -0.3 is 10.6 Å². The first kappa shape index (κ1) is 24.6. The first-order valence-electron chi connectivity index (χ1n) is 12.4. The Morgan fingerprint density at radius 1 is 1.16 bits per heavy atom. The van der Waals surface area contributed by atoms with E-state index < -0.39 is 5.91 Å². The van der Waals surface area contributed by atoms with Crippen LogP contribution in [0.1, 0.15) is 58.9 Å². The number of amides is 2. The van der Waals surface area contributed by atoms with Gasteiger partial charge in [-0.15, -0.1) is 5.10 Å². The number of fused-ring (bicyclic) bond motifs is 1. The van der Waals surface area contributed by atoms with Gasteiger partial charge in [-0.05, 0) is 59.2 Å². The predicted octanol–water partition coefficient (Wildman–Crippen LogP) is 2.99. The molecule has 0 atom stereocenters. The number of aromatic nitrogens is 6. The van der Waals surface area contributed by atoms with Crippen LogP contribution in [0.3, 0.4) is 0 Å². The van der Waals surface area contributed by atoms with E-state index in [2.05, 4.69) is 54.9 Å². The molecule has 0 radical (unpaired) electrons. The number of hydrogen-bond acceptors (Lipinski definition) is 7. The first-order valence-corrected chi connectivity index (χ1v) is 12.4. The van der Waals surface area contributed by atoms with Gasteiger partial charge in [0.05, 0.1) is 28.7 Å². The number of carbonyl (C=O) groups excluding carboxylic acids is 2. The van der Waals surface area contributed by atoms with Gasteiger partial charge in [-0.1, -0.05) is 11.3 Å². The van der Waals surface area contributed by atoms with Gasteiger partial charge in [0.1, 0.15) is 0 Å². The van der Waals surface area contributed by atoms with Crippen molar-refractivity contribution in [3.05, 3.63) is 59.4 Å². The van der Waals surface area contributed by atoms with Gasteiger partial charge in [0.2, 0.25) is 0 Å². The first-order chi connectivity index (χ1) is 17.7. The van der Waals surface area contributed by atoms with Crippen LogP contribution in [0.4, 0.5) is 5.69 Å². The minimum absolute atomic E-state index is 0.166. The van der Waals surface area contributed by atoms with Gasteiger partial charge in [0.15, 0.2) is 5.69 Å². The second-order valence-corrected chi connectivity index (χ2v) is 10.1. The molecule has 4 aromatic heterocycles. The fourth-order valence-corrected chi connectivity index (χ4v) is 4.81. The van der Waals surface area contributed by atoms with Crippen LogP contribution in [0.15, 0.2) is 36.8 Å². The number of pyridine rings is 2. The Balaban J connectivity index is 1.27. The van der Waals surface area contributed by atoms with E-state index in [0.29, 0.717) is 29.0 Å². The van der Waals surface area contributed by atoms with Crippen LogP contribution in [0.5, 0.6) is 0 Å². The average molecular weight is 502 g/mol. The van der Waals surface area contributed by atoms with E-state index in [0.717, 1.165) is 29.9 Å². The van der Waals surface area contributed by atoms with Crippen LogP contribution < -0.4 is 10.6 Å². The highest BCUT2D eigenvalue weighted by molar-refractivity contribution is 6.08. The van der Waals surface area contributed by atoms with Gasteiger partial charge >= 0.3 is 0 Å². The Bertz CT molecular complexity index is 1470. The van der Waals surface area contributed by atoms with Gasteiger partial charge in [0, 0.05) is 47.8 Å². The maximum absolute atomic E-state index is 13.1. The van der Waals surface area contributed by atoms with Crippen molar-refractivity contribution in [2.24, 2.45) is 0 Å². The number of carbonyl (C=O) groups is 2. The third kappa shape index (κ3) is 4.94. The largest absolute Gasteiger partial charge is 0.351 e. The topological polar surface area (TPSA) is 133 Å². The van der Waals surface area contributed by atoms with Crippen molar-refractivity contribution in [3.63, 3.8) is 0 Å². The summed E-state index contributed by atoms with van der Waals surface area (Å²) < 4.78 is 1.56. The number of hydrogen-bond donors (Lipinski definition) is 3. The number of anilines is 1. The van der Waals surface area contributed by atoms with Crippen LogP contribution >= 0.6 is 0 Å². The molecule has 5 rings (SSSR count). The van der Waals surface area contributed by atoms with Gasteiger partial charge in [-0.2, -0.15) is 5.10 Å². The molecule has 0 spiro atoms. The number of nitrogens with zero attached hydrogens (tertiary/aromatic N) is 6. The molecule has 0 aliphatic carbocycles. The van der Waals surface area contributed by atoms with E-state index in [1.54, 1.807) is 36.0 Å². The standard InChI is InChI=1S/C26H31N9O2/c1-16-20(14-29-31-16)18-6-7-22-23(32-33-35(22)15-18)25(37)30-21-12-19(13-28-17(21)2)24(36)27-9-11-34-10-5-8-26(34,3)4/h6-7,12-15H,5,8-11H2,1-4H3,(H,27,36)(H,29,31)(H,30,37). The zero-order valence-electron chi connectivity index (χ0n) is 21.5. The third-order valence-electron chi connectivity index (χ3n) is 7.11. The molecule has 0 bridgehead atoms. The average Bonchev–Trinajstić information content (AvgIpc) is 3.58. The Labute approximate surface area is 214 Å². The molecule has 1 aliphatic heterocycles. The number of aromatic amines is 1. The molecule has 4 aromatic rings. The number of H-pyrrole nitrogens is 1. The highest BCUT2D eigenvalue weighted by atomic mass is 16.2. The summed E-state index contributed by atoms with van der Waals surface area (Å²) in [5.41, 5.74) is 5.12. The van der Waals surface area contributed by atoms with Crippen LogP contribution in [0.25, 0.3) is 16.6 Å². The molecule has 0 unspecified atom stereocenters. The minimum Gasteiger partial charge on any atom is -0.351 e. The summed E-state index contributed by atoms with van der Waals surface area (Å²) in [7, 11) is 0. The lowest BCUT2D eigenvalue weighted by Gasteiger charge is -2.31. The number of likely N-dealkylation sites (tertiary alicyclic amines) is 1. The monoisotopic (exact) mass is 501 g/mol. The quantitative estimate of drug-likeness (QED) is 0.354. The molecule has 1 fully saturated rings. The second kappa shape index (κ2) is 9.74. The highest BCUT2D eigenvalue weighted by Gasteiger charge is 2.31. The smallest absolute Gasteiger partial charge is 0.278 e. The molecule has 11 heteroatoms. The van der Waals surface area contributed by atoms with E-state index in [4.69, 9.17) is 0 Å². The van der Waals surface area contributed by atoms with Crippen LogP contribution in [-0.4, -0.2) is 71.9 Å². The van der Waals surface area contributed by atoms with Crippen LogP contribution in [-0.2, 0) is 0 Å². The molecule has 0 aromatic carbocycles. The summed E-state index contributed by atoms with van der Waals surface area (Å²) in [5, 5.41) is 21.0. The third-order valence-corrected chi connectivity index (χ3v) is 7.11. The summed E-state index contributed by atoms with van der Waals surface area (Å²) >= 11 is 0. The Morgan fingerprint density at radius 3 is 2.73 bits per heavy atom. The second-order valence-electron chi connectivity index (χ2n) is 10.1. The van der Waals surface area contributed by atoms with Crippen molar-refractivity contribution >= 4 is 23.0 Å². The predicted molar refractivity (Wildman–Crippen MR) is 139 cm³/mol. The maximum Gasteiger partial charge on any atom is 0.278 e. The zero-order valence-corrected chi connectivity index (χ0v) is 21.5. The molecule has 37 heavy (non-hydrogen) atoms. The summed E-state index contributed by atoms with van der Waals surface area (Å²) in [4.78, 5) is 32.6. The van der Waals surface area contributed by atoms with Crippen molar-refractivity contribution in [1.29, 1.82) is 0 Å². The Kier molecular flexibility index (Phi) is 6.46. The summed E-state index contributed by atoms with van der Waals surface area (Å²) in [6, 6.07) is 5.34. The highest BCUT2D eigenvalue weighted by Crippen LogP contribution is 2.27. The molecular weight excluding hydrogens is 470 g/mol. The lowest BCUT2D eigenvalue weighted by molar-refractivity contribution is 0.0938. The summed E-state index contributed by atoms with van der Waals surface area (Å²) in [6.45, 7) is 10.6. The number of nitrogens with one attached hydrogen (secondary N) is 3. The minimum atomic E-state index is -0.430. The van der Waals surface area contributed by atoms with Gasteiger partial charge in [-0.3, -0.25) is 24.6 Å². The van der Waals surface area contributed by atoms with E-state index in [-0.39, 0.29) is 17.1 Å².